The van der Waals surface area contributed by atoms with Crippen molar-refractivity contribution in [1.29, 1.82) is 0 Å². The maximum absolute atomic E-state index is 11.0. The van der Waals surface area contributed by atoms with Crippen molar-refractivity contribution in [2.45, 2.75) is 40.3 Å². The van der Waals surface area contributed by atoms with Gasteiger partial charge in [-0.1, -0.05) is 32.9 Å². The second-order valence-electron chi connectivity index (χ2n) is 7.25. The number of nitrogens with zero attached hydrogens (tertiary/aromatic N) is 1. The molecule has 0 saturated heterocycles. The molecule has 0 radical (unpaired) electrons. The lowest BCUT2D eigenvalue weighted by Gasteiger charge is -2.19. The van der Waals surface area contributed by atoms with Gasteiger partial charge in [-0.05, 0) is 35.6 Å². The van der Waals surface area contributed by atoms with Gasteiger partial charge in [-0.3, -0.25) is 4.98 Å². The second kappa shape index (κ2) is 8.62. The van der Waals surface area contributed by atoms with Gasteiger partial charge in [0.25, 0.3) is 0 Å². The highest BCUT2D eigenvalue weighted by Gasteiger charge is 2.11. The summed E-state index contributed by atoms with van der Waals surface area (Å²) in [6.07, 6.45) is 4.46. The Morgan fingerprint density at radius 3 is 2.76 bits per heavy atom. The van der Waals surface area contributed by atoms with Crippen LogP contribution < -0.4 is 10.1 Å². The summed E-state index contributed by atoms with van der Waals surface area (Å²) in [7, 11) is 0. The van der Waals surface area contributed by atoms with Gasteiger partial charge in [0, 0.05) is 24.8 Å². The Balaban J connectivity index is 1.90. The summed E-state index contributed by atoms with van der Waals surface area (Å²) in [5.74, 6) is -0.121. The van der Waals surface area contributed by atoms with E-state index >= 15 is 0 Å². The van der Waals surface area contributed by atoms with E-state index in [-0.39, 0.29) is 5.41 Å². The van der Waals surface area contributed by atoms with Crippen LogP contribution in [0.2, 0.25) is 0 Å². The number of hydrogen-bond donors (Lipinski definition) is 2. The first kappa shape index (κ1) is 18.9. The number of pyridine rings is 1. The lowest BCUT2D eigenvalue weighted by molar-refractivity contribution is 0.0696. The van der Waals surface area contributed by atoms with Crippen molar-refractivity contribution >= 4 is 5.97 Å². The highest BCUT2D eigenvalue weighted by Crippen LogP contribution is 2.21. The lowest BCUT2D eigenvalue weighted by Crippen LogP contribution is -2.15. The summed E-state index contributed by atoms with van der Waals surface area (Å²) in [4.78, 5) is 15.2. The van der Waals surface area contributed by atoms with E-state index < -0.39 is 5.97 Å². The average molecular weight is 342 g/mol. The highest BCUT2D eigenvalue weighted by molar-refractivity contribution is 5.87. The smallest absolute Gasteiger partial charge is 0.335 e. The fraction of sp³-hybridized carbons (Fsp3) is 0.400. The molecule has 0 fully saturated rings. The molecule has 0 atom stereocenters. The number of nitrogens with one attached hydrogen (secondary N) is 1. The lowest BCUT2D eigenvalue weighted by atomic mass is 9.93. The van der Waals surface area contributed by atoms with E-state index in [1.165, 1.54) is 0 Å². The predicted molar refractivity (Wildman–Crippen MR) is 97.7 cm³/mol. The predicted octanol–water partition coefficient (Wildman–Crippen LogP) is 3.88. The van der Waals surface area contributed by atoms with Crippen LogP contribution in [0.1, 0.15) is 48.7 Å². The normalized spacial score (nSPS) is 11.3. The molecule has 1 aromatic carbocycles. The van der Waals surface area contributed by atoms with Crippen LogP contribution in [-0.4, -0.2) is 22.7 Å². The maximum Gasteiger partial charge on any atom is 0.335 e. The van der Waals surface area contributed by atoms with Gasteiger partial charge in [-0.2, -0.15) is 0 Å². The summed E-state index contributed by atoms with van der Waals surface area (Å²) in [5.41, 5.74) is 2.51. The zero-order valence-corrected chi connectivity index (χ0v) is 15.1. The number of benzene rings is 1. The summed E-state index contributed by atoms with van der Waals surface area (Å²) in [6.45, 7) is 8.44. The van der Waals surface area contributed by atoms with Crippen LogP contribution in [0, 0.1) is 5.41 Å². The molecule has 0 aliphatic heterocycles. The van der Waals surface area contributed by atoms with Crippen molar-refractivity contribution < 1.29 is 14.6 Å². The molecule has 2 aromatic rings. The quantitative estimate of drug-likeness (QED) is 0.761. The molecule has 1 aromatic heterocycles. The van der Waals surface area contributed by atoms with Crippen molar-refractivity contribution in [2.24, 2.45) is 5.41 Å². The zero-order valence-electron chi connectivity index (χ0n) is 15.1. The van der Waals surface area contributed by atoms with Gasteiger partial charge in [0.15, 0.2) is 0 Å². The second-order valence-corrected chi connectivity index (χ2v) is 7.25. The van der Waals surface area contributed by atoms with Crippen molar-refractivity contribution in [2.75, 3.05) is 6.61 Å². The SMILES string of the molecule is CC(C)(C)CCOc1cnccc1CNCc1cccc(C(=O)O)c1. The number of carboxylic acids is 1. The highest BCUT2D eigenvalue weighted by atomic mass is 16.5. The van der Waals surface area contributed by atoms with E-state index in [1.807, 2.05) is 12.1 Å². The van der Waals surface area contributed by atoms with Crippen LogP contribution in [0.5, 0.6) is 5.75 Å². The Morgan fingerprint density at radius 1 is 1.24 bits per heavy atom. The molecular formula is C20H26N2O3. The Hall–Kier alpha value is -2.40. The van der Waals surface area contributed by atoms with Gasteiger partial charge in [0.05, 0.1) is 18.4 Å². The molecule has 0 amide bonds. The molecule has 134 valence electrons. The largest absolute Gasteiger partial charge is 0.492 e. The van der Waals surface area contributed by atoms with Crippen LogP contribution >= 0.6 is 0 Å². The van der Waals surface area contributed by atoms with E-state index in [9.17, 15) is 4.79 Å². The number of hydrogen-bond acceptors (Lipinski definition) is 4. The van der Waals surface area contributed by atoms with Crippen molar-refractivity contribution in [3.63, 3.8) is 0 Å². The van der Waals surface area contributed by atoms with Crippen LogP contribution in [0.3, 0.4) is 0 Å². The molecule has 2 rings (SSSR count). The van der Waals surface area contributed by atoms with Gasteiger partial charge in [-0.25, -0.2) is 4.79 Å². The van der Waals surface area contributed by atoms with Crippen LogP contribution in [-0.2, 0) is 13.1 Å². The minimum atomic E-state index is -0.912. The Labute approximate surface area is 149 Å². The first-order valence-corrected chi connectivity index (χ1v) is 8.44. The van der Waals surface area contributed by atoms with Crippen molar-refractivity contribution in [3.8, 4) is 5.75 Å². The monoisotopic (exact) mass is 342 g/mol. The minimum Gasteiger partial charge on any atom is -0.492 e. The number of rotatable bonds is 8. The van der Waals surface area contributed by atoms with Crippen molar-refractivity contribution in [3.05, 3.63) is 59.4 Å². The third-order valence-corrected chi connectivity index (χ3v) is 3.80. The third kappa shape index (κ3) is 6.55. The Bertz CT molecular complexity index is 708. The molecule has 0 spiro atoms. The van der Waals surface area contributed by atoms with E-state index in [0.29, 0.717) is 25.3 Å². The molecule has 0 unspecified atom stereocenters. The fourth-order valence-electron chi connectivity index (χ4n) is 2.31. The number of carbonyl (C=O) groups is 1. The van der Waals surface area contributed by atoms with E-state index in [0.717, 1.165) is 23.3 Å². The zero-order chi connectivity index (χ0) is 18.3. The van der Waals surface area contributed by atoms with Crippen molar-refractivity contribution in [1.82, 2.24) is 10.3 Å². The average Bonchev–Trinajstić information content (AvgIpc) is 2.55. The van der Waals surface area contributed by atoms with Gasteiger partial charge < -0.3 is 15.2 Å². The van der Waals surface area contributed by atoms with E-state index in [2.05, 4.69) is 31.1 Å². The first-order valence-electron chi connectivity index (χ1n) is 8.44. The van der Waals surface area contributed by atoms with Gasteiger partial charge in [0.1, 0.15) is 5.75 Å². The number of aromatic carboxylic acids is 1. The molecule has 5 heteroatoms. The standard InChI is InChI=1S/C20H26N2O3/c1-20(2,3)8-10-25-18-14-21-9-7-17(18)13-22-12-15-5-4-6-16(11-15)19(23)24/h4-7,9,11,14,22H,8,10,12-13H2,1-3H3,(H,23,24). The minimum absolute atomic E-state index is 0.232. The van der Waals surface area contributed by atoms with Gasteiger partial charge in [0.2, 0.25) is 0 Å². The topological polar surface area (TPSA) is 71.5 Å². The molecule has 0 saturated carbocycles. The molecule has 2 N–H and O–H groups in total. The summed E-state index contributed by atoms with van der Waals surface area (Å²) >= 11 is 0. The van der Waals surface area contributed by atoms with Crippen LogP contribution in [0.15, 0.2) is 42.7 Å². The molecule has 0 aliphatic rings. The molecule has 0 bridgehead atoms. The molecule has 1 heterocycles. The van der Waals surface area contributed by atoms with Gasteiger partial charge in [-0.15, -0.1) is 0 Å². The van der Waals surface area contributed by atoms with Crippen LogP contribution in [0.25, 0.3) is 0 Å². The van der Waals surface area contributed by atoms with E-state index in [4.69, 9.17) is 9.84 Å². The summed E-state index contributed by atoms with van der Waals surface area (Å²) in [6, 6.07) is 8.88. The molecule has 5 nitrogen and oxygen atoms in total. The maximum atomic E-state index is 11.0. The summed E-state index contributed by atoms with van der Waals surface area (Å²) < 4.78 is 5.89. The van der Waals surface area contributed by atoms with E-state index in [1.54, 1.807) is 30.6 Å². The number of carboxylic acid groups (broad SMARTS) is 1. The molecule has 0 aliphatic carbocycles. The summed E-state index contributed by atoms with van der Waals surface area (Å²) in [5, 5.41) is 12.4. The number of aromatic nitrogens is 1. The molecular weight excluding hydrogens is 316 g/mol. The van der Waals surface area contributed by atoms with Crippen LogP contribution in [0.4, 0.5) is 0 Å². The number of ether oxygens (including phenoxy) is 1. The Morgan fingerprint density at radius 2 is 2.04 bits per heavy atom. The molecule has 25 heavy (non-hydrogen) atoms. The third-order valence-electron chi connectivity index (χ3n) is 3.80. The first-order chi connectivity index (χ1) is 11.8. The van der Waals surface area contributed by atoms with Gasteiger partial charge >= 0.3 is 5.97 Å². The fourth-order valence-corrected chi connectivity index (χ4v) is 2.31. The Kier molecular flexibility index (Phi) is 6.53.